The molecule has 0 aliphatic heterocycles. The summed E-state index contributed by atoms with van der Waals surface area (Å²) in [5.41, 5.74) is 0.249. The number of benzene rings is 2. The van der Waals surface area contributed by atoms with Crippen LogP contribution in [0.5, 0.6) is 0 Å². The monoisotopic (exact) mass is 423 g/mol. The summed E-state index contributed by atoms with van der Waals surface area (Å²) in [7, 11) is 0. The van der Waals surface area contributed by atoms with Crippen LogP contribution >= 0.6 is 11.6 Å². The van der Waals surface area contributed by atoms with Gasteiger partial charge in [-0.25, -0.2) is 18.0 Å². The van der Waals surface area contributed by atoms with Gasteiger partial charge in [0.2, 0.25) is 0 Å². The maximum absolute atomic E-state index is 14.2. The van der Waals surface area contributed by atoms with Crippen LogP contribution in [-0.2, 0) is 11.3 Å². The first-order valence-electron chi connectivity index (χ1n) is 9.78. The minimum absolute atomic E-state index is 0.147. The Morgan fingerprint density at radius 1 is 1.07 bits per heavy atom. The number of amides is 1. The van der Waals surface area contributed by atoms with Gasteiger partial charge in [-0.1, -0.05) is 23.7 Å². The number of carbonyl (C=O) groups excluding carboxylic acids is 1. The summed E-state index contributed by atoms with van der Waals surface area (Å²) >= 11 is 6.05. The van der Waals surface area contributed by atoms with Crippen molar-refractivity contribution in [3.63, 3.8) is 0 Å². The third kappa shape index (κ3) is 4.22. The van der Waals surface area contributed by atoms with Crippen molar-refractivity contribution in [2.24, 2.45) is 11.8 Å². The molecule has 2 bridgehead atoms. The zero-order chi connectivity index (χ0) is 20.5. The number of hydrogen-bond donors (Lipinski definition) is 0. The largest absolute Gasteiger partial charge is 0.446 e. The fourth-order valence-corrected chi connectivity index (χ4v) is 4.60. The third-order valence-corrected chi connectivity index (χ3v) is 6.25. The molecule has 0 spiro atoms. The maximum atomic E-state index is 14.2. The Kier molecular flexibility index (Phi) is 5.72. The summed E-state index contributed by atoms with van der Waals surface area (Å²) in [6, 6.07) is 8.46. The molecule has 2 aromatic carbocycles. The average molecular weight is 424 g/mol. The van der Waals surface area contributed by atoms with Crippen LogP contribution in [0.4, 0.5) is 23.7 Å². The molecule has 154 valence electrons. The van der Waals surface area contributed by atoms with Crippen molar-refractivity contribution in [2.75, 3.05) is 4.90 Å². The van der Waals surface area contributed by atoms with E-state index in [2.05, 4.69) is 0 Å². The van der Waals surface area contributed by atoms with Crippen LogP contribution in [-0.4, -0.2) is 12.2 Å². The quantitative estimate of drug-likeness (QED) is 0.527. The highest BCUT2D eigenvalue weighted by Gasteiger charge is 2.38. The van der Waals surface area contributed by atoms with E-state index in [1.165, 1.54) is 4.90 Å². The summed E-state index contributed by atoms with van der Waals surface area (Å²) in [5.74, 6) is -3.25. The number of halogens is 4. The van der Waals surface area contributed by atoms with Gasteiger partial charge in [0, 0.05) is 16.3 Å². The van der Waals surface area contributed by atoms with Crippen molar-refractivity contribution in [3.8, 4) is 0 Å². The van der Waals surface area contributed by atoms with Crippen LogP contribution in [0, 0.1) is 29.3 Å². The second-order valence-corrected chi connectivity index (χ2v) is 8.28. The Morgan fingerprint density at radius 3 is 2.48 bits per heavy atom. The Bertz CT molecular complexity index is 915. The van der Waals surface area contributed by atoms with Crippen LogP contribution in [0.3, 0.4) is 0 Å². The topological polar surface area (TPSA) is 29.5 Å². The number of carbonyl (C=O) groups is 1. The van der Waals surface area contributed by atoms with Crippen LogP contribution in [0.2, 0.25) is 5.02 Å². The molecule has 0 saturated heterocycles. The number of fused-ring (bicyclic) bond motifs is 3. The molecule has 7 heteroatoms. The first-order chi connectivity index (χ1) is 13.9. The van der Waals surface area contributed by atoms with E-state index in [9.17, 15) is 18.0 Å². The number of rotatable bonds is 4. The molecule has 3 saturated carbocycles. The van der Waals surface area contributed by atoms with E-state index in [0.717, 1.165) is 44.2 Å². The molecular formula is C22H21ClF3NO2. The number of ether oxygens (including phenoxy) is 1. The van der Waals surface area contributed by atoms with Gasteiger partial charge < -0.3 is 4.74 Å². The summed E-state index contributed by atoms with van der Waals surface area (Å²) in [4.78, 5) is 14.2. The van der Waals surface area contributed by atoms with E-state index in [1.807, 2.05) is 0 Å². The fraction of sp³-hybridized carbons (Fsp3) is 0.409. The van der Waals surface area contributed by atoms with E-state index in [1.54, 1.807) is 24.3 Å². The van der Waals surface area contributed by atoms with E-state index in [0.29, 0.717) is 22.5 Å². The molecule has 0 N–H and O–H groups in total. The van der Waals surface area contributed by atoms with E-state index in [4.69, 9.17) is 16.3 Å². The molecule has 0 aromatic heterocycles. The van der Waals surface area contributed by atoms with Crippen molar-refractivity contribution < 1.29 is 22.7 Å². The zero-order valence-corrected chi connectivity index (χ0v) is 16.5. The van der Waals surface area contributed by atoms with Gasteiger partial charge in [0.15, 0.2) is 17.5 Å². The van der Waals surface area contributed by atoms with Crippen molar-refractivity contribution >= 4 is 23.4 Å². The Hall–Kier alpha value is -2.21. The smallest absolute Gasteiger partial charge is 0.414 e. The average Bonchev–Trinajstić information content (AvgIpc) is 2.72. The summed E-state index contributed by atoms with van der Waals surface area (Å²) < 4.78 is 47.0. The Balaban J connectivity index is 1.60. The number of hydrogen-bond acceptors (Lipinski definition) is 2. The maximum Gasteiger partial charge on any atom is 0.414 e. The van der Waals surface area contributed by atoms with Gasteiger partial charge in [-0.2, -0.15) is 0 Å². The minimum Gasteiger partial charge on any atom is -0.446 e. The van der Waals surface area contributed by atoms with Gasteiger partial charge in [0.05, 0.1) is 6.54 Å². The summed E-state index contributed by atoms with van der Waals surface area (Å²) in [6.45, 7) is -0.303. The first kappa shape index (κ1) is 20.1. The van der Waals surface area contributed by atoms with Crippen molar-refractivity contribution in [3.05, 3.63) is 64.4 Å². The molecular weight excluding hydrogens is 403 g/mol. The molecule has 3 aliphatic rings. The molecule has 3 nitrogen and oxygen atoms in total. The van der Waals surface area contributed by atoms with Gasteiger partial charge in [0.25, 0.3) is 0 Å². The van der Waals surface area contributed by atoms with Gasteiger partial charge >= 0.3 is 6.09 Å². The van der Waals surface area contributed by atoms with Crippen molar-refractivity contribution in [2.45, 2.75) is 44.8 Å². The third-order valence-electron chi connectivity index (χ3n) is 6.02. The molecule has 3 aliphatic carbocycles. The first-order valence-corrected chi connectivity index (χ1v) is 10.2. The standard InChI is InChI=1S/C22H21ClF3NO2/c23-16-2-1-3-17(11-16)27(12-15-8-9-18(24)21(26)20(15)25)22(28)29-19-10-13-4-6-14(19)7-5-13/h1-3,8-9,11,13-14,19H,4-7,10,12H2. The highest BCUT2D eigenvalue weighted by atomic mass is 35.5. The lowest BCUT2D eigenvalue weighted by molar-refractivity contribution is -0.0102. The molecule has 0 radical (unpaired) electrons. The predicted molar refractivity (Wildman–Crippen MR) is 104 cm³/mol. The Labute approximate surface area is 172 Å². The van der Waals surface area contributed by atoms with Crippen LogP contribution < -0.4 is 4.90 Å². The van der Waals surface area contributed by atoms with Crippen molar-refractivity contribution in [1.29, 1.82) is 0 Å². The van der Waals surface area contributed by atoms with Gasteiger partial charge in [-0.3, -0.25) is 4.90 Å². The molecule has 29 heavy (non-hydrogen) atoms. The number of anilines is 1. The van der Waals surface area contributed by atoms with Gasteiger partial charge in [-0.05, 0) is 68.2 Å². The molecule has 3 fully saturated rings. The summed E-state index contributed by atoms with van der Waals surface area (Å²) in [5, 5.41) is 0.391. The molecule has 1 unspecified atom stereocenters. The van der Waals surface area contributed by atoms with Crippen LogP contribution in [0.15, 0.2) is 36.4 Å². The predicted octanol–water partition coefficient (Wildman–Crippen LogP) is 6.48. The zero-order valence-electron chi connectivity index (χ0n) is 15.7. The summed E-state index contributed by atoms with van der Waals surface area (Å²) in [6.07, 6.45) is 4.42. The Morgan fingerprint density at radius 2 is 1.83 bits per heavy atom. The molecule has 1 atom stereocenters. The molecule has 0 heterocycles. The normalized spacial score (nSPS) is 23.1. The van der Waals surface area contributed by atoms with E-state index >= 15 is 0 Å². The molecule has 5 rings (SSSR count). The van der Waals surface area contributed by atoms with Crippen LogP contribution in [0.25, 0.3) is 0 Å². The van der Waals surface area contributed by atoms with E-state index in [-0.39, 0.29) is 18.2 Å². The van der Waals surface area contributed by atoms with Gasteiger partial charge in [0.1, 0.15) is 6.10 Å². The second-order valence-electron chi connectivity index (χ2n) is 7.84. The van der Waals surface area contributed by atoms with Gasteiger partial charge in [-0.15, -0.1) is 0 Å². The lowest BCUT2D eigenvalue weighted by atomic mass is 9.69. The fourth-order valence-electron chi connectivity index (χ4n) is 4.42. The molecule has 1 amide bonds. The SMILES string of the molecule is O=C(OC1CC2CCC1CC2)N(Cc1ccc(F)c(F)c1F)c1cccc(Cl)c1. The lowest BCUT2D eigenvalue weighted by Crippen LogP contribution is -2.42. The minimum atomic E-state index is -1.56. The van der Waals surface area contributed by atoms with Crippen LogP contribution in [0.1, 0.15) is 37.7 Å². The highest BCUT2D eigenvalue weighted by molar-refractivity contribution is 6.30. The second kappa shape index (κ2) is 8.27. The lowest BCUT2D eigenvalue weighted by Gasteiger charge is -2.42. The molecule has 2 aromatic rings. The van der Waals surface area contributed by atoms with Crippen molar-refractivity contribution in [1.82, 2.24) is 0 Å². The number of nitrogens with zero attached hydrogens (tertiary/aromatic N) is 1. The van der Waals surface area contributed by atoms with E-state index < -0.39 is 23.5 Å². The highest BCUT2D eigenvalue weighted by Crippen LogP contribution is 2.43.